The molecule has 1 N–H and O–H groups in total. The van der Waals surface area contributed by atoms with Gasteiger partial charge in [-0.25, -0.2) is 4.98 Å². The van der Waals surface area contributed by atoms with E-state index in [1.165, 1.54) is 43.4 Å². The molecule has 4 rings (SSSR count). The zero-order valence-electron chi connectivity index (χ0n) is 15.3. The summed E-state index contributed by atoms with van der Waals surface area (Å²) in [6.07, 6.45) is 6.30. The maximum atomic E-state index is 12.4. The normalized spacial score (nSPS) is 15.0. The van der Waals surface area contributed by atoms with E-state index in [0.717, 1.165) is 10.6 Å². The molecule has 0 bridgehead atoms. The standard InChI is InChI=1S/C20H22N4O2S/c1-13-16(21-18(26-13)14-8-4-2-5-9-14)12-17(25)22-20-24-23-19(27-20)15-10-6-3-7-11-15/h2,4-5,8-9,15H,3,6-7,10-12H2,1H3,(H,22,24,25). The lowest BCUT2D eigenvalue weighted by atomic mass is 9.90. The van der Waals surface area contributed by atoms with Gasteiger partial charge in [0.15, 0.2) is 0 Å². The van der Waals surface area contributed by atoms with Gasteiger partial charge in [-0.2, -0.15) is 0 Å². The summed E-state index contributed by atoms with van der Waals surface area (Å²) in [7, 11) is 0. The predicted octanol–water partition coefficient (Wildman–Crippen LogP) is 4.73. The Balaban J connectivity index is 1.40. The van der Waals surface area contributed by atoms with Gasteiger partial charge in [0.25, 0.3) is 0 Å². The van der Waals surface area contributed by atoms with E-state index in [1.54, 1.807) is 0 Å². The van der Waals surface area contributed by atoms with Crippen LogP contribution in [-0.4, -0.2) is 21.1 Å². The molecule has 1 amide bonds. The van der Waals surface area contributed by atoms with Crippen molar-refractivity contribution in [2.24, 2.45) is 0 Å². The number of anilines is 1. The molecule has 0 spiro atoms. The Bertz CT molecular complexity index is 913. The summed E-state index contributed by atoms with van der Waals surface area (Å²) in [6.45, 7) is 1.83. The summed E-state index contributed by atoms with van der Waals surface area (Å²) in [5.74, 6) is 1.53. The number of aryl methyl sites for hydroxylation is 1. The molecular formula is C20H22N4O2S. The molecule has 140 valence electrons. The van der Waals surface area contributed by atoms with Gasteiger partial charge in [-0.3, -0.25) is 4.79 Å². The van der Waals surface area contributed by atoms with Gasteiger partial charge in [0, 0.05) is 11.5 Å². The number of benzene rings is 1. The molecule has 0 saturated heterocycles. The van der Waals surface area contributed by atoms with Crippen molar-refractivity contribution in [2.75, 3.05) is 5.32 Å². The Morgan fingerprint density at radius 1 is 1.19 bits per heavy atom. The maximum absolute atomic E-state index is 12.4. The minimum absolute atomic E-state index is 0.153. The van der Waals surface area contributed by atoms with Gasteiger partial charge in [0.1, 0.15) is 10.8 Å². The van der Waals surface area contributed by atoms with Crippen LogP contribution in [0.3, 0.4) is 0 Å². The number of nitrogens with zero attached hydrogens (tertiary/aromatic N) is 3. The third-order valence-corrected chi connectivity index (χ3v) is 5.88. The summed E-state index contributed by atoms with van der Waals surface area (Å²) >= 11 is 1.49. The molecule has 7 heteroatoms. The Morgan fingerprint density at radius 2 is 1.96 bits per heavy atom. The first-order valence-electron chi connectivity index (χ1n) is 9.34. The highest BCUT2D eigenvalue weighted by Gasteiger charge is 2.21. The summed E-state index contributed by atoms with van der Waals surface area (Å²) in [5, 5.41) is 12.9. The van der Waals surface area contributed by atoms with Crippen LogP contribution >= 0.6 is 11.3 Å². The lowest BCUT2D eigenvalue weighted by Gasteiger charge is -2.18. The van der Waals surface area contributed by atoms with Crippen molar-refractivity contribution in [3.63, 3.8) is 0 Å². The van der Waals surface area contributed by atoms with E-state index >= 15 is 0 Å². The fourth-order valence-electron chi connectivity index (χ4n) is 3.41. The average Bonchev–Trinajstić information content (AvgIpc) is 3.30. The number of hydrogen-bond acceptors (Lipinski definition) is 6. The van der Waals surface area contributed by atoms with Crippen LogP contribution < -0.4 is 5.32 Å². The zero-order valence-corrected chi connectivity index (χ0v) is 16.1. The van der Waals surface area contributed by atoms with Crippen LogP contribution in [-0.2, 0) is 11.2 Å². The second-order valence-electron chi connectivity index (χ2n) is 6.89. The molecule has 1 aromatic carbocycles. The average molecular weight is 382 g/mol. The fraction of sp³-hybridized carbons (Fsp3) is 0.400. The van der Waals surface area contributed by atoms with Crippen LogP contribution in [0.1, 0.15) is 54.5 Å². The topological polar surface area (TPSA) is 80.9 Å². The smallest absolute Gasteiger partial charge is 0.232 e. The van der Waals surface area contributed by atoms with Crippen molar-refractivity contribution in [1.29, 1.82) is 0 Å². The van der Waals surface area contributed by atoms with Crippen LogP contribution in [0.25, 0.3) is 11.5 Å². The quantitative estimate of drug-likeness (QED) is 0.690. The molecule has 1 fully saturated rings. The van der Waals surface area contributed by atoms with Crippen molar-refractivity contribution >= 4 is 22.4 Å². The van der Waals surface area contributed by atoms with Crippen LogP contribution in [0, 0.1) is 6.92 Å². The lowest BCUT2D eigenvalue weighted by Crippen LogP contribution is -2.15. The van der Waals surface area contributed by atoms with Gasteiger partial charge in [-0.1, -0.05) is 48.8 Å². The van der Waals surface area contributed by atoms with Crippen molar-refractivity contribution in [3.05, 3.63) is 46.8 Å². The Labute approximate surface area is 162 Å². The molecule has 3 aromatic rings. The minimum atomic E-state index is -0.155. The Kier molecular flexibility index (Phi) is 5.29. The molecule has 2 aromatic heterocycles. The molecule has 0 radical (unpaired) electrons. The molecule has 1 aliphatic rings. The monoisotopic (exact) mass is 382 g/mol. The van der Waals surface area contributed by atoms with Gasteiger partial charge in [0.2, 0.25) is 16.9 Å². The molecule has 1 aliphatic carbocycles. The largest absolute Gasteiger partial charge is 0.441 e. The molecule has 0 unspecified atom stereocenters. The summed E-state index contributed by atoms with van der Waals surface area (Å²) in [5.41, 5.74) is 1.54. The summed E-state index contributed by atoms with van der Waals surface area (Å²) < 4.78 is 5.72. The number of oxazole rings is 1. The van der Waals surface area contributed by atoms with Crippen molar-refractivity contribution < 1.29 is 9.21 Å². The number of aromatic nitrogens is 3. The van der Waals surface area contributed by atoms with E-state index in [1.807, 2.05) is 37.3 Å². The number of rotatable bonds is 5. The van der Waals surface area contributed by atoms with Gasteiger partial charge in [-0.15, -0.1) is 10.2 Å². The van der Waals surface area contributed by atoms with E-state index in [-0.39, 0.29) is 12.3 Å². The van der Waals surface area contributed by atoms with Crippen LogP contribution in [0.2, 0.25) is 0 Å². The number of hydrogen-bond donors (Lipinski definition) is 1. The molecule has 0 atom stereocenters. The second kappa shape index (κ2) is 8.00. The zero-order chi connectivity index (χ0) is 18.6. The molecular weight excluding hydrogens is 360 g/mol. The van der Waals surface area contributed by atoms with Crippen LogP contribution in [0.4, 0.5) is 5.13 Å². The van der Waals surface area contributed by atoms with Gasteiger partial charge in [-0.05, 0) is 31.9 Å². The number of carbonyl (C=O) groups excluding carboxylic acids is 1. The number of amides is 1. The third-order valence-electron chi connectivity index (χ3n) is 4.88. The first kappa shape index (κ1) is 17.9. The molecule has 2 heterocycles. The molecule has 6 nitrogen and oxygen atoms in total. The summed E-state index contributed by atoms with van der Waals surface area (Å²) in [6, 6.07) is 9.67. The fourth-order valence-corrected chi connectivity index (χ4v) is 4.34. The molecule has 27 heavy (non-hydrogen) atoms. The van der Waals surface area contributed by atoms with Gasteiger partial charge >= 0.3 is 0 Å². The minimum Gasteiger partial charge on any atom is -0.441 e. The van der Waals surface area contributed by atoms with E-state index in [0.29, 0.717) is 28.4 Å². The molecule has 1 saturated carbocycles. The number of carbonyl (C=O) groups is 1. The van der Waals surface area contributed by atoms with Gasteiger partial charge < -0.3 is 9.73 Å². The van der Waals surface area contributed by atoms with E-state index < -0.39 is 0 Å². The van der Waals surface area contributed by atoms with Crippen molar-refractivity contribution in [3.8, 4) is 11.5 Å². The molecule has 0 aliphatic heterocycles. The predicted molar refractivity (Wildman–Crippen MR) is 105 cm³/mol. The van der Waals surface area contributed by atoms with E-state index in [9.17, 15) is 4.79 Å². The van der Waals surface area contributed by atoms with Crippen molar-refractivity contribution in [1.82, 2.24) is 15.2 Å². The summed E-state index contributed by atoms with van der Waals surface area (Å²) in [4.78, 5) is 16.9. The highest BCUT2D eigenvalue weighted by atomic mass is 32.1. The lowest BCUT2D eigenvalue weighted by molar-refractivity contribution is -0.115. The van der Waals surface area contributed by atoms with Crippen molar-refractivity contribution in [2.45, 2.75) is 51.4 Å². The van der Waals surface area contributed by atoms with Crippen LogP contribution in [0.5, 0.6) is 0 Å². The SMILES string of the molecule is Cc1oc(-c2ccccc2)nc1CC(=O)Nc1nnc(C2CCCCC2)s1. The highest BCUT2D eigenvalue weighted by molar-refractivity contribution is 7.15. The number of nitrogens with one attached hydrogen (secondary N) is 1. The highest BCUT2D eigenvalue weighted by Crippen LogP contribution is 2.35. The van der Waals surface area contributed by atoms with E-state index in [4.69, 9.17) is 4.42 Å². The first-order valence-corrected chi connectivity index (χ1v) is 10.2. The third kappa shape index (κ3) is 4.24. The first-order chi connectivity index (χ1) is 13.2. The maximum Gasteiger partial charge on any atom is 0.232 e. The Morgan fingerprint density at radius 3 is 2.74 bits per heavy atom. The van der Waals surface area contributed by atoms with Gasteiger partial charge in [0.05, 0.1) is 12.1 Å². The van der Waals surface area contributed by atoms with Crippen LogP contribution in [0.15, 0.2) is 34.7 Å². The Hall–Kier alpha value is -2.54. The van der Waals surface area contributed by atoms with E-state index in [2.05, 4.69) is 20.5 Å². The second-order valence-corrected chi connectivity index (χ2v) is 7.90.